The first-order valence-electron chi connectivity index (χ1n) is 5.45. The highest BCUT2D eigenvalue weighted by molar-refractivity contribution is 6.31. The Hall–Kier alpha value is -1.10. The average Bonchev–Trinajstić information content (AvgIpc) is 2.72. The maximum absolute atomic E-state index is 12.0. The number of rotatable bonds is 2. The number of halogens is 1. The summed E-state index contributed by atoms with van der Waals surface area (Å²) in [7, 11) is 0. The summed E-state index contributed by atoms with van der Waals surface area (Å²) in [5, 5.41) is 3.39. The van der Waals surface area contributed by atoms with Crippen LogP contribution in [-0.2, 0) is 9.53 Å². The molecule has 1 saturated heterocycles. The van der Waals surface area contributed by atoms with Crippen molar-refractivity contribution in [3.8, 4) is 0 Å². The summed E-state index contributed by atoms with van der Waals surface area (Å²) in [6, 6.07) is 5.35. The Morgan fingerprint density at radius 3 is 3.00 bits per heavy atom. The zero-order chi connectivity index (χ0) is 12.5. The van der Waals surface area contributed by atoms with E-state index in [4.69, 9.17) is 22.1 Å². The molecule has 1 aliphatic rings. The second kappa shape index (κ2) is 4.64. The summed E-state index contributed by atoms with van der Waals surface area (Å²) >= 11 is 5.89. The normalized spacial score (nSPS) is 23.7. The van der Waals surface area contributed by atoms with Crippen molar-refractivity contribution < 1.29 is 9.53 Å². The van der Waals surface area contributed by atoms with E-state index in [-0.39, 0.29) is 12.5 Å². The fraction of sp³-hybridized carbons (Fsp3) is 0.417. The smallest absolute Gasteiger partial charge is 0.246 e. The molecule has 0 bridgehead atoms. The molecule has 1 atom stereocenters. The van der Waals surface area contributed by atoms with Crippen molar-refractivity contribution >= 4 is 23.2 Å². The third-order valence-corrected chi connectivity index (χ3v) is 3.19. The van der Waals surface area contributed by atoms with Gasteiger partial charge in [0.1, 0.15) is 5.54 Å². The van der Waals surface area contributed by atoms with E-state index in [0.717, 1.165) is 5.56 Å². The molecular formula is C12H15ClN2O2. The number of hydrogen-bond acceptors (Lipinski definition) is 3. The Kier molecular flexibility index (Phi) is 3.38. The number of carbonyl (C=O) groups excluding carboxylic acids is 1. The summed E-state index contributed by atoms with van der Waals surface area (Å²) in [5.74, 6) is -0.222. The van der Waals surface area contributed by atoms with E-state index < -0.39 is 5.54 Å². The number of nitrogens with one attached hydrogen (secondary N) is 1. The molecule has 17 heavy (non-hydrogen) atoms. The number of amides is 1. The number of carbonyl (C=O) groups is 1. The Morgan fingerprint density at radius 2 is 2.35 bits per heavy atom. The zero-order valence-corrected chi connectivity index (χ0v) is 10.4. The van der Waals surface area contributed by atoms with E-state index in [0.29, 0.717) is 23.7 Å². The number of ether oxygens (including phenoxy) is 1. The molecule has 1 unspecified atom stereocenters. The lowest BCUT2D eigenvalue weighted by atomic mass is 9.99. The Labute approximate surface area is 105 Å². The maximum Gasteiger partial charge on any atom is 0.246 e. The minimum absolute atomic E-state index is 0.222. The van der Waals surface area contributed by atoms with E-state index in [1.165, 1.54) is 0 Å². The predicted molar refractivity (Wildman–Crippen MR) is 67.2 cm³/mol. The first-order valence-corrected chi connectivity index (χ1v) is 5.83. The highest BCUT2D eigenvalue weighted by atomic mass is 35.5. The molecule has 1 aliphatic heterocycles. The van der Waals surface area contributed by atoms with Gasteiger partial charge in [-0.15, -0.1) is 0 Å². The van der Waals surface area contributed by atoms with Gasteiger partial charge in [0, 0.05) is 17.3 Å². The van der Waals surface area contributed by atoms with Crippen LogP contribution in [0.2, 0.25) is 5.02 Å². The monoisotopic (exact) mass is 254 g/mol. The molecule has 1 aromatic rings. The molecular weight excluding hydrogens is 240 g/mol. The minimum Gasteiger partial charge on any atom is -0.379 e. The first kappa shape index (κ1) is 12.4. The largest absolute Gasteiger partial charge is 0.379 e. The summed E-state index contributed by atoms with van der Waals surface area (Å²) in [5.41, 5.74) is 6.69. The predicted octanol–water partition coefficient (Wildman–Crippen LogP) is 1.70. The number of aryl methyl sites for hydroxylation is 1. The van der Waals surface area contributed by atoms with Gasteiger partial charge in [-0.2, -0.15) is 0 Å². The van der Waals surface area contributed by atoms with E-state index in [2.05, 4.69) is 5.32 Å². The number of nitrogens with two attached hydrogens (primary N) is 1. The van der Waals surface area contributed by atoms with Crippen molar-refractivity contribution in [2.75, 3.05) is 18.5 Å². The molecule has 0 aliphatic carbocycles. The van der Waals surface area contributed by atoms with Crippen LogP contribution in [0.5, 0.6) is 0 Å². The summed E-state index contributed by atoms with van der Waals surface area (Å²) in [6.07, 6.45) is 0.540. The van der Waals surface area contributed by atoms with Crippen LogP contribution in [-0.4, -0.2) is 24.7 Å². The van der Waals surface area contributed by atoms with Crippen molar-refractivity contribution in [3.05, 3.63) is 28.8 Å². The van der Waals surface area contributed by atoms with Gasteiger partial charge in [-0.05, 0) is 31.0 Å². The van der Waals surface area contributed by atoms with Crippen molar-refractivity contribution in [2.24, 2.45) is 5.73 Å². The third kappa shape index (κ3) is 2.60. The Morgan fingerprint density at radius 1 is 1.59 bits per heavy atom. The molecule has 3 N–H and O–H groups in total. The topological polar surface area (TPSA) is 64.4 Å². The molecule has 1 fully saturated rings. The van der Waals surface area contributed by atoms with Gasteiger partial charge < -0.3 is 15.8 Å². The van der Waals surface area contributed by atoms with Gasteiger partial charge in [-0.1, -0.05) is 17.7 Å². The molecule has 4 nitrogen and oxygen atoms in total. The van der Waals surface area contributed by atoms with Crippen LogP contribution < -0.4 is 11.1 Å². The van der Waals surface area contributed by atoms with Crippen molar-refractivity contribution in [1.82, 2.24) is 0 Å². The third-order valence-electron chi connectivity index (χ3n) is 2.95. The Balaban J connectivity index is 2.15. The van der Waals surface area contributed by atoms with E-state index in [9.17, 15) is 4.79 Å². The lowest BCUT2D eigenvalue weighted by molar-refractivity contribution is -0.121. The van der Waals surface area contributed by atoms with Crippen molar-refractivity contribution in [2.45, 2.75) is 18.9 Å². The molecule has 0 aromatic heterocycles. The van der Waals surface area contributed by atoms with E-state index >= 15 is 0 Å². The molecule has 92 valence electrons. The van der Waals surface area contributed by atoms with Gasteiger partial charge in [-0.25, -0.2) is 0 Å². The second-order valence-corrected chi connectivity index (χ2v) is 4.81. The van der Waals surface area contributed by atoms with Crippen LogP contribution in [0.15, 0.2) is 18.2 Å². The molecule has 0 radical (unpaired) electrons. The van der Waals surface area contributed by atoms with Crippen LogP contribution >= 0.6 is 11.6 Å². The maximum atomic E-state index is 12.0. The van der Waals surface area contributed by atoms with Crippen LogP contribution in [0.4, 0.5) is 5.69 Å². The van der Waals surface area contributed by atoms with E-state index in [1.807, 2.05) is 13.0 Å². The summed E-state index contributed by atoms with van der Waals surface area (Å²) < 4.78 is 5.16. The lowest BCUT2D eigenvalue weighted by Gasteiger charge is -2.21. The van der Waals surface area contributed by atoms with Crippen molar-refractivity contribution in [3.63, 3.8) is 0 Å². The van der Waals surface area contributed by atoms with Gasteiger partial charge in [-0.3, -0.25) is 4.79 Å². The van der Waals surface area contributed by atoms with Crippen molar-refractivity contribution in [1.29, 1.82) is 0 Å². The highest BCUT2D eigenvalue weighted by Gasteiger charge is 2.38. The molecule has 2 rings (SSSR count). The first-order chi connectivity index (χ1) is 8.01. The number of benzene rings is 1. The average molecular weight is 255 g/mol. The van der Waals surface area contributed by atoms with Crippen LogP contribution in [0.25, 0.3) is 0 Å². The Bertz CT molecular complexity index is 442. The van der Waals surface area contributed by atoms with Gasteiger partial charge in [0.2, 0.25) is 5.91 Å². The summed E-state index contributed by atoms with van der Waals surface area (Å²) in [6.45, 7) is 2.69. The van der Waals surface area contributed by atoms with Gasteiger partial charge in [0.25, 0.3) is 0 Å². The SMILES string of the molecule is Cc1ccc(Cl)cc1NC(=O)C1(N)CCOC1. The van der Waals surface area contributed by atoms with Gasteiger partial charge >= 0.3 is 0 Å². The zero-order valence-electron chi connectivity index (χ0n) is 9.63. The number of anilines is 1. The molecule has 1 heterocycles. The van der Waals surface area contributed by atoms with Crippen LogP contribution in [0.1, 0.15) is 12.0 Å². The van der Waals surface area contributed by atoms with Crippen LogP contribution in [0, 0.1) is 6.92 Å². The summed E-state index contributed by atoms with van der Waals surface area (Å²) in [4.78, 5) is 12.0. The highest BCUT2D eigenvalue weighted by Crippen LogP contribution is 2.23. The molecule has 0 saturated carbocycles. The molecule has 5 heteroatoms. The van der Waals surface area contributed by atoms with Crippen LogP contribution in [0.3, 0.4) is 0 Å². The van der Waals surface area contributed by atoms with E-state index in [1.54, 1.807) is 12.1 Å². The quantitative estimate of drug-likeness (QED) is 0.844. The van der Waals surface area contributed by atoms with Gasteiger partial charge in [0.05, 0.1) is 6.61 Å². The minimum atomic E-state index is -0.922. The molecule has 1 amide bonds. The molecule has 0 spiro atoms. The second-order valence-electron chi connectivity index (χ2n) is 4.37. The standard InChI is InChI=1S/C12H15ClN2O2/c1-8-2-3-9(13)6-10(8)15-11(16)12(14)4-5-17-7-12/h2-3,6H,4-5,7,14H2,1H3,(H,15,16). The van der Waals surface area contributed by atoms with Gasteiger partial charge in [0.15, 0.2) is 0 Å². The lowest BCUT2D eigenvalue weighted by Crippen LogP contribution is -2.51. The molecule has 1 aromatic carbocycles. The number of hydrogen-bond donors (Lipinski definition) is 2. The fourth-order valence-corrected chi connectivity index (χ4v) is 1.91. The fourth-order valence-electron chi connectivity index (χ4n) is 1.74.